The molecule has 3 nitrogen and oxygen atoms in total. The van der Waals surface area contributed by atoms with E-state index in [0.717, 1.165) is 37.9 Å². The molecular weight excluding hydrogens is 164 g/mol. The molecule has 13 heavy (non-hydrogen) atoms. The maximum atomic E-state index is 9.49. The summed E-state index contributed by atoms with van der Waals surface area (Å²) < 4.78 is 1.69. The topological polar surface area (TPSA) is 38.0 Å². The maximum absolute atomic E-state index is 9.49. The summed E-state index contributed by atoms with van der Waals surface area (Å²) in [4.78, 5) is 0. The predicted molar refractivity (Wildman–Crippen MR) is 52.8 cm³/mol. The van der Waals surface area contributed by atoms with E-state index in [-0.39, 0.29) is 0 Å². The zero-order chi connectivity index (χ0) is 9.68. The lowest BCUT2D eigenvalue weighted by Gasteiger charge is -1.99. The highest BCUT2D eigenvalue weighted by atomic mass is 16.3. The molecule has 1 aromatic heterocycles. The van der Waals surface area contributed by atoms with Crippen molar-refractivity contribution in [2.45, 2.75) is 46.1 Å². The third kappa shape index (κ3) is 2.76. The van der Waals surface area contributed by atoms with Gasteiger partial charge in [-0.1, -0.05) is 26.7 Å². The first-order valence-corrected chi connectivity index (χ1v) is 5.03. The van der Waals surface area contributed by atoms with Gasteiger partial charge in [0.25, 0.3) is 0 Å². The van der Waals surface area contributed by atoms with Crippen LogP contribution in [0.1, 0.15) is 38.8 Å². The highest BCUT2D eigenvalue weighted by molar-refractivity contribution is 5.14. The van der Waals surface area contributed by atoms with Gasteiger partial charge in [0.05, 0.1) is 5.69 Å². The van der Waals surface area contributed by atoms with Gasteiger partial charge in [0.1, 0.15) is 0 Å². The fourth-order valence-corrected chi connectivity index (χ4v) is 1.31. The lowest BCUT2D eigenvalue weighted by molar-refractivity contribution is 0.393. The average Bonchev–Trinajstić information content (AvgIpc) is 2.44. The van der Waals surface area contributed by atoms with Gasteiger partial charge in [-0.05, 0) is 12.8 Å². The van der Waals surface area contributed by atoms with Gasteiger partial charge in [0, 0.05) is 12.6 Å². The molecule has 1 rings (SSSR count). The van der Waals surface area contributed by atoms with Crippen LogP contribution in [0.15, 0.2) is 6.07 Å². The van der Waals surface area contributed by atoms with Crippen LogP contribution in [-0.4, -0.2) is 14.9 Å². The van der Waals surface area contributed by atoms with Crippen LogP contribution < -0.4 is 0 Å². The van der Waals surface area contributed by atoms with E-state index < -0.39 is 0 Å². The zero-order valence-electron chi connectivity index (χ0n) is 8.45. The fourth-order valence-electron chi connectivity index (χ4n) is 1.31. The summed E-state index contributed by atoms with van der Waals surface area (Å²) in [6.07, 6.45) is 4.22. The number of unbranched alkanes of at least 4 members (excludes halogenated alkanes) is 1. The van der Waals surface area contributed by atoms with Gasteiger partial charge in [0.15, 0.2) is 0 Å². The normalized spacial score (nSPS) is 10.6. The van der Waals surface area contributed by atoms with E-state index in [2.05, 4.69) is 18.9 Å². The van der Waals surface area contributed by atoms with E-state index in [9.17, 15) is 5.11 Å². The second kappa shape index (κ2) is 4.90. The first-order valence-electron chi connectivity index (χ1n) is 5.03. The lowest BCUT2D eigenvalue weighted by Crippen LogP contribution is -1.99. The quantitative estimate of drug-likeness (QED) is 0.759. The second-order valence-corrected chi connectivity index (χ2v) is 3.32. The SMILES string of the molecule is CCCCn1nc(CCC)cc1O. The van der Waals surface area contributed by atoms with Gasteiger partial charge in [-0.2, -0.15) is 5.10 Å². The van der Waals surface area contributed by atoms with Crippen molar-refractivity contribution in [1.29, 1.82) is 0 Å². The molecule has 0 spiro atoms. The lowest BCUT2D eigenvalue weighted by atomic mass is 10.3. The number of hydrogen-bond donors (Lipinski definition) is 1. The summed E-state index contributed by atoms with van der Waals surface area (Å²) in [7, 11) is 0. The second-order valence-electron chi connectivity index (χ2n) is 3.32. The Bertz CT molecular complexity index is 255. The number of aromatic hydroxyl groups is 1. The van der Waals surface area contributed by atoms with Crippen LogP contribution in [-0.2, 0) is 13.0 Å². The van der Waals surface area contributed by atoms with E-state index in [1.165, 1.54) is 0 Å². The van der Waals surface area contributed by atoms with Crippen molar-refractivity contribution in [2.75, 3.05) is 0 Å². The molecule has 0 unspecified atom stereocenters. The van der Waals surface area contributed by atoms with Crippen molar-refractivity contribution >= 4 is 0 Å². The molecule has 0 aliphatic carbocycles. The maximum Gasteiger partial charge on any atom is 0.209 e. The zero-order valence-corrected chi connectivity index (χ0v) is 8.45. The number of hydrogen-bond acceptors (Lipinski definition) is 2. The van der Waals surface area contributed by atoms with Crippen molar-refractivity contribution in [3.63, 3.8) is 0 Å². The first-order chi connectivity index (χ1) is 6.27. The van der Waals surface area contributed by atoms with Gasteiger partial charge < -0.3 is 5.11 Å². The molecule has 3 heteroatoms. The summed E-state index contributed by atoms with van der Waals surface area (Å²) in [6, 6.07) is 1.76. The van der Waals surface area contributed by atoms with Crippen molar-refractivity contribution in [3.8, 4) is 5.88 Å². The van der Waals surface area contributed by atoms with Crippen molar-refractivity contribution in [2.24, 2.45) is 0 Å². The van der Waals surface area contributed by atoms with Crippen molar-refractivity contribution in [3.05, 3.63) is 11.8 Å². The molecular formula is C10H18N2O. The molecule has 0 aliphatic rings. The fraction of sp³-hybridized carbons (Fsp3) is 0.700. The van der Waals surface area contributed by atoms with E-state index >= 15 is 0 Å². The molecule has 0 aliphatic heterocycles. The summed E-state index contributed by atoms with van der Waals surface area (Å²) in [6.45, 7) is 5.07. The summed E-state index contributed by atoms with van der Waals surface area (Å²) in [5.74, 6) is 0.303. The minimum Gasteiger partial charge on any atom is -0.493 e. The van der Waals surface area contributed by atoms with Crippen LogP contribution in [0.2, 0.25) is 0 Å². The van der Waals surface area contributed by atoms with Gasteiger partial charge in [-0.3, -0.25) is 0 Å². The third-order valence-corrected chi connectivity index (χ3v) is 2.04. The summed E-state index contributed by atoms with van der Waals surface area (Å²) in [5.41, 5.74) is 0.996. The molecule has 1 heterocycles. The van der Waals surface area contributed by atoms with E-state index in [0.29, 0.717) is 5.88 Å². The Morgan fingerprint density at radius 3 is 2.77 bits per heavy atom. The van der Waals surface area contributed by atoms with E-state index in [4.69, 9.17) is 0 Å². The molecule has 0 saturated heterocycles. The molecule has 0 bridgehead atoms. The predicted octanol–water partition coefficient (Wildman–Crippen LogP) is 2.34. The number of rotatable bonds is 5. The highest BCUT2D eigenvalue weighted by Gasteiger charge is 2.04. The molecule has 0 fully saturated rings. The minimum atomic E-state index is 0.303. The largest absolute Gasteiger partial charge is 0.493 e. The average molecular weight is 182 g/mol. The molecule has 0 saturated carbocycles. The Labute approximate surface area is 79.4 Å². The minimum absolute atomic E-state index is 0.303. The van der Waals surface area contributed by atoms with Crippen LogP contribution in [0.5, 0.6) is 5.88 Å². The Morgan fingerprint density at radius 1 is 1.38 bits per heavy atom. The first kappa shape index (κ1) is 10.1. The number of aromatic nitrogens is 2. The van der Waals surface area contributed by atoms with Crippen LogP contribution in [0.25, 0.3) is 0 Å². The van der Waals surface area contributed by atoms with Crippen LogP contribution >= 0.6 is 0 Å². The number of aryl methyl sites for hydroxylation is 2. The monoisotopic (exact) mass is 182 g/mol. The summed E-state index contributed by atoms with van der Waals surface area (Å²) in [5, 5.41) is 13.8. The molecule has 0 amide bonds. The van der Waals surface area contributed by atoms with Crippen LogP contribution in [0, 0.1) is 0 Å². The molecule has 1 aromatic rings. The van der Waals surface area contributed by atoms with Gasteiger partial charge in [0.2, 0.25) is 5.88 Å². The van der Waals surface area contributed by atoms with Gasteiger partial charge in [-0.15, -0.1) is 0 Å². The van der Waals surface area contributed by atoms with Crippen molar-refractivity contribution < 1.29 is 5.11 Å². The Balaban J connectivity index is 2.60. The smallest absolute Gasteiger partial charge is 0.209 e. The van der Waals surface area contributed by atoms with Gasteiger partial charge >= 0.3 is 0 Å². The standard InChI is InChI=1S/C10H18N2O/c1-3-5-7-12-10(13)8-9(11-12)6-4-2/h8,13H,3-7H2,1-2H3. The Hall–Kier alpha value is -0.990. The molecule has 74 valence electrons. The summed E-state index contributed by atoms with van der Waals surface area (Å²) >= 11 is 0. The van der Waals surface area contributed by atoms with Crippen LogP contribution in [0.3, 0.4) is 0 Å². The molecule has 0 radical (unpaired) electrons. The highest BCUT2D eigenvalue weighted by Crippen LogP contribution is 2.13. The molecule has 1 N–H and O–H groups in total. The Morgan fingerprint density at radius 2 is 2.15 bits per heavy atom. The van der Waals surface area contributed by atoms with Crippen LogP contribution in [0.4, 0.5) is 0 Å². The number of nitrogens with zero attached hydrogens (tertiary/aromatic N) is 2. The third-order valence-electron chi connectivity index (χ3n) is 2.04. The van der Waals surface area contributed by atoms with Gasteiger partial charge in [-0.25, -0.2) is 4.68 Å². The molecule has 0 aromatic carbocycles. The van der Waals surface area contributed by atoms with E-state index in [1.54, 1.807) is 10.7 Å². The van der Waals surface area contributed by atoms with Crippen molar-refractivity contribution in [1.82, 2.24) is 9.78 Å². The van der Waals surface area contributed by atoms with E-state index in [1.807, 2.05) is 0 Å². The Kier molecular flexibility index (Phi) is 3.80. The molecule has 0 atom stereocenters.